The molecular formula is C9H15N. The third-order valence-corrected chi connectivity index (χ3v) is 1.20. The van der Waals surface area contributed by atoms with E-state index in [4.69, 9.17) is 5.73 Å². The Kier molecular flexibility index (Phi) is 5.79. The molecule has 10 heavy (non-hydrogen) atoms. The lowest BCUT2D eigenvalue weighted by Gasteiger charge is -1.90. The Labute approximate surface area is 62.9 Å². The summed E-state index contributed by atoms with van der Waals surface area (Å²) in [6.45, 7) is 6.25. The molecule has 0 atom stereocenters. The van der Waals surface area contributed by atoms with Gasteiger partial charge >= 0.3 is 0 Å². The molecule has 2 N–H and O–H groups in total. The van der Waals surface area contributed by atoms with Crippen molar-refractivity contribution in [3.8, 4) is 0 Å². The summed E-state index contributed by atoms with van der Waals surface area (Å²) < 4.78 is 0. The molecule has 0 aliphatic carbocycles. The Bertz CT molecular complexity index is 143. The first-order valence-corrected chi connectivity index (χ1v) is 3.44. The van der Waals surface area contributed by atoms with E-state index in [2.05, 4.69) is 12.7 Å². The van der Waals surface area contributed by atoms with Gasteiger partial charge in [0, 0.05) is 6.54 Å². The Morgan fingerprint density at radius 3 is 2.80 bits per heavy atom. The average molecular weight is 137 g/mol. The van der Waals surface area contributed by atoms with Gasteiger partial charge in [0.05, 0.1) is 0 Å². The van der Waals surface area contributed by atoms with Crippen molar-refractivity contribution in [2.75, 3.05) is 6.54 Å². The highest BCUT2D eigenvalue weighted by atomic mass is 14.5. The van der Waals surface area contributed by atoms with Crippen LogP contribution in [-0.2, 0) is 0 Å². The van der Waals surface area contributed by atoms with E-state index in [0.29, 0.717) is 6.54 Å². The topological polar surface area (TPSA) is 26.0 Å². The van der Waals surface area contributed by atoms with E-state index < -0.39 is 0 Å². The molecule has 0 aliphatic rings. The first-order chi connectivity index (χ1) is 4.81. The Hall–Kier alpha value is -0.820. The molecule has 0 rings (SSSR count). The summed E-state index contributed by atoms with van der Waals surface area (Å²) in [7, 11) is 0. The Balaban J connectivity index is 3.51. The first-order valence-electron chi connectivity index (χ1n) is 3.44. The quantitative estimate of drug-likeness (QED) is 0.465. The molecule has 0 heterocycles. The largest absolute Gasteiger partial charge is 0.327 e. The summed E-state index contributed by atoms with van der Waals surface area (Å²) in [5.74, 6) is 0. The lowest BCUT2D eigenvalue weighted by Crippen LogP contribution is -1.98. The van der Waals surface area contributed by atoms with Gasteiger partial charge in [-0.1, -0.05) is 36.5 Å². The average Bonchev–Trinajstić information content (AvgIpc) is 1.98. The minimum atomic E-state index is 0.655. The van der Waals surface area contributed by atoms with E-state index in [-0.39, 0.29) is 0 Å². The highest BCUT2D eigenvalue weighted by Crippen LogP contribution is 1.93. The molecule has 0 aromatic rings. The van der Waals surface area contributed by atoms with Gasteiger partial charge in [0.1, 0.15) is 0 Å². The summed E-state index contributed by atoms with van der Waals surface area (Å²) in [6, 6.07) is 0. The van der Waals surface area contributed by atoms with Crippen molar-refractivity contribution >= 4 is 0 Å². The van der Waals surface area contributed by atoms with E-state index >= 15 is 0 Å². The summed E-state index contributed by atoms with van der Waals surface area (Å²) in [6.07, 6.45) is 8.81. The Morgan fingerprint density at radius 1 is 1.60 bits per heavy atom. The summed E-state index contributed by atoms with van der Waals surface area (Å²) in [5.41, 5.74) is 6.60. The van der Waals surface area contributed by atoms with Crippen LogP contribution in [0.2, 0.25) is 0 Å². The predicted octanol–water partition coefficient (Wildman–Crippen LogP) is 2.02. The maximum atomic E-state index is 5.37. The van der Waals surface area contributed by atoms with Crippen LogP contribution in [0, 0.1) is 0 Å². The number of hydrogen-bond acceptors (Lipinski definition) is 1. The summed E-state index contributed by atoms with van der Waals surface area (Å²) >= 11 is 0. The van der Waals surface area contributed by atoms with E-state index in [9.17, 15) is 0 Å². The van der Waals surface area contributed by atoms with Crippen molar-refractivity contribution in [3.63, 3.8) is 0 Å². The van der Waals surface area contributed by atoms with Crippen molar-refractivity contribution < 1.29 is 0 Å². The van der Waals surface area contributed by atoms with Gasteiger partial charge in [0.2, 0.25) is 0 Å². The van der Waals surface area contributed by atoms with E-state index in [1.165, 1.54) is 5.57 Å². The van der Waals surface area contributed by atoms with Crippen molar-refractivity contribution in [2.24, 2.45) is 5.73 Å². The van der Waals surface area contributed by atoms with Gasteiger partial charge in [-0.2, -0.15) is 0 Å². The molecule has 1 nitrogen and oxygen atoms in total. The predicted molar refractivity (Wildman–Crippen MR) is 46.8 cm³/mol. The first kappa shape index (κ1) is 9.18. The molecule has 0 aromatic carbocycles. The minimum absolute atomic E-state index is 0.655. The molecular weight excluding hydrogens is 122 g/mol. The van der Waals surface area contributed by atoms with Gasteiger partial charge in [0.25, 0.3) is 0 Å². The third-order valence-electron chi connectivity index (χ3n) is 1.20. The molecule has 56 valence electrons. The standard InChI is InChI=1S/C9H15N/c1-3-4-5-6-7-9(2)8-10/h3-5,7H,1,6,8,10H2,2H3. The second kappa shape index (κ2) is 6.30. The molecule has 0 aliphatic heterocycles. The molecule has 0 saturated heterocycles. The van der Waals surface area contributed by atoms with Gasteiger partial charge < -0.3 is 5.73 Å². The van der Waals surface area contributed by atoms with Crippen molar-refractivity contribution in [1.82, 2.24) is 0 Å². The number of allylic oxidation sites excluding steroid dienone is 4. The van der Waals surface area contributed by atoms with Gasteiger partial charge in [-0.15, -0.1) is 0 Å². The van der Waals surface area contributed by atoms with E-state index in [1.54, 1.807) is 6.08 Å². The number of rotatable bonds is 4. The molecule has 1 heteroatoms. The van der Waals surface area contributed by atoms with Crippen LogP contribution in [0.5, 0.6) is 0 Å². The van der Waals surface area contributed by atoms with Crippen LogP contribution in [0.15, 0.2) is 36.5 Å². The van der Waals surface area contributed by atoms with Crippen LogP contribution in [0.4, 0.5) is 0 Å². The zero-order valence-electron chi connectivity index (χ0n) is 6.51. The van der Waals surface area contributed by atoms with Crippen molar-refractivity contribution in [1.29, 1.82) is 0 Å². The van der Waals surface area contributed by atoms with Gasteiger partial charge in [-0.25, -0.2) is 0 Å². The molecule has 0 spiro atoms. The highest BCUT2D eigenvalue weighted by molar-refractivity contribution is 5.06. The van der Waals surface area contributed by atoms with E-state index in [1.807, 2.05) is 19.1 Å². The minimum Gasteiger partial charge on any atom is -0.327 e. The van der Waals surface area contributed by atoms with Crippen LogP contribution >= 0.6 is 0 Å². The molecule has 0 aromatic heterocycles. The van der Waals surface area contributed by atoms with E-state index in [0.717, 1.165) is 6.42 Å². The van der Waals surface area contributed by atoms with Gasteiger partial charge in [-0.3, -0.25) is 0 Å². The van der Waals surface area contributed by atoms with Gasteiger partial charge in [0.15, 0.2) is 0 Å². The zero-order valence-corrected chi connectivity index (χ0v) is 6.51. The molecule has 0 radical (unpaired) electrons. The summed E-state index contributed by atoms with van der Waals surface area (Å²) in [5, 5.41) is 0. The summed E-state index contributed by atoms with van der Waals surface area (Å²) in [4.78, 5) is 0. The molecule has 0 bridgehead atoms. The second-order valence-corrected chi connectivity index (χ2v) is 2.15. The van der Waals surface area contributed by atoms with Crippen LogP contribution in [0.3, 0.4) is 0 Å². The van der Waals surface area contributed by atoms with Crippen molar-refractivity contribution in [3.05, 3.63) is 36.5 Å². The van der Waals surface area contributed by atoms with Crippen LogP contribution < -0.4 is 5.73 Å². The maximum absolute atomic E-state index is 5.37. The van der Waals surface area contributed by atoms with Crippen LogP contribution in [0.1, 0.15) is 13.3 Å². The fourth-order valence-electron chi connectivity index (χ4n) is 0.527. The third kappa shape index (κ3) is 5.32. The maximum Gasteiger partial charge on any atom is 0.0134 e. The monoisotopic (exact) mass is 137 g/mol. The lowest BCUT2D eigenvalue weighted by atomic mass is 10.2. The molecule has 0 unspecified atom stereocenters. The lowest BCUT2D eigenvalue weighted by molar-refractivity contribution is 1.11. The molecule has 0 amide bonds. The van der Waals surface area contributed by atoms with Crippen LogP contribution in [-0.4, -0.2) is 6.54 Å². The highest BCUT2D eigenvalue weighted by Gasteiger charge is 1.79. The fourth-order valence-corrected chi connectivity index (χ4v) is 0.527. The Morgan fingerprint density at radius 2 is 2.30 bits per heavy atom. The molecule has 0 saturated carbocycles. The second-order valence-electron chi connectivity index (χ2n) is 2.15. The smallest absolute Gasteiger partial charge is 0.0134 e. The van der Waals surface area contributed by atoms with Crippen molar-refractivity contribution in [2.45, 2.75) is 13.3 Å². The fraction of sp³-hybridized carbons (Fsp3) is 0.333. The zero-order chi connectivity index (χ0) is 7.82. The SMILES string of the molecule is C=CC=CCC=C(C)CN. The number of hydrogen-bond donors (Lipinski definition) is 1. The normalized spacial score (nSPS) is 12.4. The van der Waals surface area contributed by atoms with Crippen LogP contribution in [0.25, 0.3) is 0 Å². The molecule has 0 fully saturated rings. The van der Waals surface area contributed by atoms with Gasteiger partial charge in [-0.05, 0) is 13.3 Å². The number of nitrogens with two attached hydrogens (primary N) is 1.